The summed E-state index contributed by atoms with van der Waals surface area (Å²) in [4.78, 5) is 2.41. The Kier molecular flexibility index (Phi) is 3.33. The Morgan fingerprint density at radius 2 is 2.13 bits per heavy atom. The average molecular weight is 206 g/mol. The zero-order chi connectivity index (χ0) is 10.7. The third-order valence-corrected chi connectivity index (χ3v) is 3.80. The summed E-state index contributed by atoms with van der Waals surface area (Å²) in [5.41, 5.74) is 6.36. The van der Waals surface area contributed by atoms with Crippen LogP contribution < -0.4 is 5.73 Å². The van der Waals surface area contributed by atoms with E-state index >= 15 is 0 Å². The van der Waals surface area contributed by atoms with Crippen molar-refractivity contribution < 1.29 is 0 Å². The van der Waals surface area contributed by atoms with Gasteiger partial charge in [0.1, 0.15) is 0 Å². The third kappa shape index (κ3) is 3.22. The molecule has 0 heterocycles. The molecular formula is C13H22N2. The highest BCUT2D eigenvalue weighted by Crippen LogP contribution is 2.33. The molecule has 2 rings (SSSR count). The number of terminal acetylenes is 1. The molecule has 0 spiro atoms. The minimum atomic E-state index is 0.149. The number of nitrogens with two attached hydrogens (primary N) is 1. The molecule has 2 N–H and O–H groups in total. The van der Waals surface area contributed by atoms with Crippen LogP contribution in [-0.2, 0) is 0 Å². The molecule has 2 aliphatic rings. The smallest absolute Gasteiger partial charge is 0.0599 e. The van der Waals surface area contributed by atoms with E-state index in [1.807, 2.05) is 0 Å². The highest BCUT2D eigenvalue weighted by atomic mass is 15.1. The van der Waals surface area contributed by atoms with Gasteiger partial charge in [0.25, 0.3) is 0 Å². The van der Waals surface area contributed by atoms with Crippen LogP contribution in [0.25, 0.3) is 0 Å². The van der Waals surface area contributed by atoms with Crippen molar-refractivity contribution in [2.24, 2.45) is 11.7 Å². The Bertz CT molecular complexity index is 246. The van der Waals surface area contributed by atoms with Crippen LogP contribution in [0.2, 0.25) is 0 Å². The molecule has 0 aromatic rings. The van der Waals surface area contributed by atoms with Crippen molar-refractivity contribution in [1.82, 2.24) is 4.90 Å². The maximum absolute atomic E-state index is 6.22. The molecule has 2 aliphatic carbocycles. The zero-order valence-corrected chi connectivity index (χ0v) is 9.54. The summed E-state index contributed by atoms with van der Waals surface area (Å²) in [6, 6.07) is 0. The van der Waals surface area contributed by atoms with E-state index in [0.717, 1.165) is 25.4 Å². The third-order valence-electron chi connectivity index (χ3n) is 3.80. The van der Waals surface area contributed by atoms with Gasteiger partial charge in [0.2, 0.25) is 0 Å². The van der Waals surface area contributed by atoms with E-state index in [1.165, 1.54) is 38.6 Å². The van der Waals surface area contributed by atoms with Crippen molar-refractivity contribution >= 4 is 0 Å². The molecule has 15 heavy (non-hydrogen) atoms. The van der Waals surface area contributed by atoms with Crippen LogP contribution in [0.4, 0.5) is 0 Å². The number of rotatable bonds is 6. The number of hydrogen-bond acceptors (Lipinski definition) is 2. The van der Waals surface area contributed by atoms with E-state index in [4.69, 9.17) is 12.2 Å². The van der Waals surface area contributed by atoms with Crippen LogP contribution in [0, 0.1) is 18.3 Å². The van der Waals surface area contributed by atoms with Gasteiger partial charge in [0.05, 0.1) is 6.54 Å². The minimum Gasteiger partial charge on any atom is -0.325 e. The van der Waals surface area contributed by atoms with E-state index in [1.54, 1.807) is 0 Å². The van der Waals surface area contributed by atoms with Crippen LogP contribution in [0.15, 0.2) is 0 Å². The second-order valence-corrected chi connectivity index (χ2v) is 5.35. The van der Waals surface area contributed by atoms with Crippen molar-refractivity contribution in [3.05, 3.63) is 0 Å². The standard InChI is InChI=1S/C13H22N2/c1-2-9-15(11-12-4-5-12)10-8-13(14)6-3-7-13/h1,12H,3-11,14H2. The van der Waals surface area contributed by atoms with Crippen LogP contribution in [-0.4, -0.2) is 30.1 Å². The molecule has 0 aromatic heterocycles. The zero-order valence-electron chi connectivity index (χ0n) is 9.54. The normalized spacial score (nSPS) is 23.5. The average Bonchev–Trinajstić information content (AvgIpc) is 2.95. The summed E-state index contributed by atoms with van der Waals surface area (Å²) in [6.45, 7) is 3.09. The molecule has 0 saturated heterocycles. The molecule has 2 fully saturated rings. The molecule has 2 nitrogen and oxygen atoms in total. The summed E-state index contributed by atoms with van der Waals surface area (Å²) in [6.07, 6.45) is 13.0. The van der Waals surface area contributed by atoms with E-state index in [0.29, 0.717) is 0 Å². The fraction of sp³-hybridized carbons (Fsp3) is 0.846. The fourth-order valence-electron chi connectivity index (χ4n) is 2.29. The SMILES string of the molecule is C#CCN(CCC1(N)CCC1)CC1CC1. The van der Waals surface area contributed by atoms with Gasteiger partial charge in [-0.3, -0.25) is 4.90 Å². The highest BCUT2D eigenvalue weighted by Gasteiger charge is 2.33. The van der Waals surface area contributed by atoms with Gasteiger partial charge >= 0.3 is 0 Å². The molecule has 0 amide bonds. The lowest BCUT2D eigenvalue weighted by atomic mass is 9.75. The Morgan fingerprint density at radius 1 is 1.40 bits per heavy atom. The fourth-order valence-corrected chi connectivity index (χ4v) is 2.29. The van der Waals surface area contributed by atoms with Crippen molar-refractivity contribution in [3.63, 3.8) is 0 Å². The highest BCUT2D eigenvalue weighted by molar-refractivity contribution is 4.95. The van der Waals surface area contributed by atoms with Crippen LogP contribution in [0.1, 0.15) is 38.5 Å². The Balaban J connectivity index is 1.70. The van der Waals surface area contributed by atoms with Crippen molar-refractivity contribution in [2.45, 2.75) is 44.1 Å². The molecule has 2 heteroatoms. The van der Waals surface area contributed by atoms with Crippen molar-refractivity contribution in [3.8, 4) is 12.3 Å². The first kappa shape index (κ1) is 11.0. The van der Waals surface area contributed by atoms with Crippen LogP contribution in [0.5, 0.6) is 0 Å². The van der Waals surface area contributed by atoms with E-state index < -0.39 is 0 Å². The first-order valence-corrected chi connectivity index (χ1v) is 6.16. The van der Waals surface area contributed by atoms with Crippen LogP contribution >= 0.6 is 0 Å². The molecule has 0 aliphatic heterocycles. The van der Waals surface area contributed by atoms with Crippen molar-refractivity contribution in [1.29, 1.82) is 0 Å². The predicted molar refractivity (Wildman–Crippen MR) is 63.4 cm³/mol. The van der Waals surface area contributed by atoms with Gasteiger partial charge < -0.3 is 5.73 Å². The molecule has 2 saturated carbocycles. The van der Waals surface area contributed by atoms with E-state index in [-0.39, 0.29) is 5.54 Å². The second-order valence-electron chi connectivity index (χ2n) is 5.35. The van der Waals surface area contributed by atoms with Gasteiger partial charge in [-0.1, -0.05) is 5.92 Å². The summed E-state index contributed by atoms with van der Waals surface area (Å²) in [5, 5.41) is 0. The second kappa shape index (κ2) is 4.55. The number of nitrogens with zero attached hydrogens (tertiary/aromatic N) is 1. The molecule has 0 aromatic carbocycles. The van der Waals surface area contributed by atoms with Crippen molar-refractivity contribution in [2.75, 3.05) is 19.6 Å². The molecular weight excluding hydrogens is 184 g/mol. The summed E-state index contributed by atoms with van der Waals surface area (Å²) >= 11 is 0. The Morgan fingerprint density at radius 3 is 2.60 bits per heavy atom. The largest absolute Gasteiger partial charge is 0.325 e. The summed E-state index contributed by atoms with van der Waals surface area (Å²) in [5.74, 6) is 3.68. The first-order valence-electron chi connectivity index (χ1n) is 6.16. The topological polar surface area (TPSA) is 29.3 Å². The quantitative estimate of drug-likeness (QED) is 0.669. The first-order chi connectivity index (χ1) is 7.22. The predicted octanol–water partition coefficient (Wildman–Crippen LogP) is 1.60. The van der Waals surface area contributed by atoms with Gasteiger partial charge in [0, 0.05) is 18.6 Å². The minimum absolute atomic E-state index is 0.149. The maximum atomic E-state index is 6.22. The lowest BCUT2D eigenvalue weighted by Crippen LogP contribution is -2.48. The van der Waals surface area contributed by atoms with Gasteiger partial charge in [-0.05, 0) is 44.4 Å². The molecule has 84 valence electrons. The van der Waals surface area contributed by atoms with Crippen LogP contribution in [0.3, 0.4) is 0 Å². The monoisotopic (exact) mass is 206 g/mol. The Hall–Kier alpha value is -0.520. The van der Waals surface area contributed by atoms with Gasteiger partial charge in [-0.15, -0.1) is 6.42 Å². The molecule has 0 radical (unpaired) electrons. The van der Waals surface area contributed by atoms with Gasteiger partial charge in [0.15, 0.2) is 0 Å². The van der Waals surface area contributed by atoms with Gasteiger partial charge in [-0.2, -0.15) is 0 Å². The van der Waals surface area contributed by atoms with E-state index in [9.17, 15) is 0 Å². The maximum Gasteiger partial charge on any atom is 0.0599 e. The molecule has 0 unspecified atom stereocenters. The van der Waals surface area contributed by atoms with E-state index in [2.05, 4.69) is 10.8 Å². The molecule has 0 bridgehead atoms. The lowest BCUT2D eigenvalue weighted by molar-refractivity contribution is 0.187. The lowest BCUT2D eigenvalue weighted by Gasteiger charge is -2.39. The number of hydrogen-bond donors (Lipinski definition) is 1. The summed E-state index contributed by atoms with van der Waals surface area (Å²) in [7, 11) is 0. The Labute approximate surface area is 93.2 Å². The summed E-state index contributed by atoms with van der Waals surface area (Å²) < 4.78 is 0. The molecule has 0 atom stereocenters. The van der Waals surface area contributed by atoms with Gasteiger partial charge in [-0.25, -0.2) is 0 Å².